The first kappa shape index (κ1) is 16.7. The number of hydrogen-bond donors (Lipinski definition) is 1. The molecule has 0 aliphatic carbocycles. The van der Waals surface area contributed by atoms with E-state index in [1.165, 1.54) is 33.1 Å². The summed E-state index contributed by atoms with van der Waals surface area (Å²) in [5, 5.41) is 3.86. The van der Waals surface area contributed by atoms with Crippen LogP contribution in [0.2, 0.25) is 5.02 Å². The monoisotopic (exact) mass is 388 g/mol. The molecule has 0 aliphatic heterocycles. The standard InChI is InChI=1S/C16H13ClN6O2S/c1-8-3-11-10(4-9(8)17)20-16(26-11)21-12(24)5-23-7-19-14-13(23)15(25)22(2)6-18-14/h3-4,6-7H,5H2,1-2H3,(H,20,21,24). The van der Waals surface area contributed by atoms with E-state index in [2.05, 4.69) is 20.3 Å². The van der Waals surface area contributed by atoms with E-state index in [0.717, 1.165) is 15.8 Å². The highest BCUT2D eigenvalue weighted by atomic mass is 35.5. The smallest absolute Gasteiger partial charge is 0.279 e. The number of imidazole rings is 1. The molecule has 0 bridgehead atoms. The van der Waals surface area contributed by atoms with Crippen LogP contribution in [0.3, 0.4) is 0 Å². The number of aromatic nitrogens is 5. The molecule has 4 rings (SSSR count). The molecule has 3 aromatic heterocycles. The highest BCUT2D eigenvalue weighted by molar-refractivity contribution is 7.22. The topological polar surface area (TPSA) is 94.7 Å². The first-order valence-corrected chi connectivity index (χ1v) is 8.85. The third-order valence-corrected chi connectivity index (χ3v) is 5.26. The Morgan fingerprint density at radius 2 is 2.08 bits per heavy atom. The Morgan fingerprint density at radius 1 is 1.31 bits per heavy atom. The first-order valence-electron chi connectivity index (χ1n) is 7.65. The molecule has 0 radical (unpaired) electrons. The van der Waals surface area contributed by atoms with Crippen LogP contribution in [0.4, 0.5) is 5.13 Å². The van der Waals surface area contributed by atoms with Gasteiger partial charge in [-0.25, -0.2) is 15.0 Å². The van der Waals surface area contributed by atoms with Gasteiger partial charge in [0, 0.05) is 12.1 Å². The van der Waals surface area contributed by atoms with Crippen molar-refractivity contribution in [3.8, 4) is 0 Å². The molecule has 1 amide bonds. The van der Waals surface area contributed by atoms with Crippen LogP contribution in [0, 0.1) is 6.92 Å². The molecule has 0 spiro atoms. The normalized spacial score (nSPS) is 11.3. The number of benzene rings is 1. The number of nitrogens with zero attached hydrogens (tertiary/aromatic N) is 5. The molecule has 0 saturated carbocycles. The van der Waals surface area contributed by atoms with E-state index in [4.69, 9.17) is 11.6 Å². The van der Waals surface area contributed by atoms with Crippen LogP contribution in [0.15, 0.2) is 29.6 Å². The second kappa shape index (κ2) is 6.19. The largest absolute Gasteiger partial charge is 0.315 e. The summed E-state index contributed by atoms with van der Waals surface area (Å²) < 4.78 is 3.76. The van der Waals surface area contributed by atoms with Gasteiger partial charge in [-0.2, -0.15) is 0 Å². The van der Waals surface area contributed by atoms with Gasteiger partial charge in [0.25, 0.3) is 5.56 Å². The Morgan fingerprint density at radius 3 is 2.88 bits per heavy atom. The maximum Gasteiger partial charge on any atom is 0.279 e. The molecule has 10 heteroatoms. The minimum Gasteiger partial charge on any atom is -0.315 e. The lowest BCUT2D eigenvalue weighted by molar-refractivity contribution is -0.116. The zero-order chi connectivity index (χ0) is 18.4. The van der Waals surface area contributed by atoms with Gasteiger partial charge >= 0.3 is 0 Å². The molecule has 0 aliphatic rings. The van der Waals surface area contributed by atoms with Crippen molar-refractivity contribution in [1.82, 2.24) is 24.1 Å². The van der Waals surface area contributed by atoms with E-state index in [-0.39, 0.29) is 23.5 Å². The van der Waals surface area contributed by atoms with Crippen molar-refractivity contribution in [1.29, 1.82) is 0 Å². The molecule has 0 saturated heterocycles. The number of carbonyl (C=O) groups is 1. The summed E-state index contributed by atoms with van der Waals surface area (Å²) in [7, 11) is 1.60. The van der Waals surface area contributed by atoms with Crippen LogP contribution in [-0.4, -0.2) is 30.0 Å². The predicted octanol–water partition coefficient (Wildman–Crippen LogP) is 2.34. The van der Waals surface area contributed by atoms with Crippen LogP contribution in [0.5, 0.6) is 0 Å². The lowest BCUT2D eigenvalue weighted by atomic mass is 10.2. The average molecular weight is 389 g/mol. The van der Waals surface area contributed by atoms with Crippen molar-refractivity contribution in [3.05, 3.63) is 45.7 Å². The first-order chi connectivity index (χ1) is 12.4. The van der Waals surface area contributed by atoms with E-state index < -0.39 is 0 Å². The second-order valence-electron chi connectivity index (χ2n) is 5.84. The molecule has 8 nitrogen and oxygen atoms in total. The summed E-state index contributed by atoms with van der Waals surface area (Å²) in [6, 6.07) is 3.71. The van der Waals surface area contributed by atoms with Gasteiger partial charge in [0.1, 0.15) is 6.54 Å². The van der Waals surface area contributed by atoms with Gasteiger partial charge in [0.2, 0.25) is 5.91 Å². The van der Waals surface area contributed by atoms with E-state index in [1.54, 1.807) is 13.1 Å². The molecule has 0 fully saturated rings. The van der Waals surface area contributed by atoms with Crippen molar-refractivity contribution in [3.63, 3.8) is 0 Å². The van der Waals surface area contributed by atoms with Crippen molar-refractivity contribution < 1.29 is 4.79 Å². The van der Waals surface area contributed by atoms with Crippen molar-refractivity contribution >= 4 is 55.4 Å². The molecule has 3 heterocycles. The van der Waals surface area contributed by atoms with E-state index in [0.29, 0.717) is 15.8 Å². The zero-order valence-corrected chi connectivity index (χ0v) is 15.4. The molecule has 0 atom stereocenters. The van der Waals surface area contributed by atoms with Gasteiger partial charge in [0.05, 0.1) is 22.9 Å². The van der Waals surface area contributed by atoms with Gasteiger partial charge in [-0.15, -0.1) is 0 Å². The minimum absolute atomic E-state index is 0.0624. The van der Waals surface area contributed by atoms with Gasteiger partial charge in [-0.05, 0) is 24.6 Å². The molecule has 0 unspecified atom stereocenters. The van der Waals surface area contributed by atoms with Gasteiger partial charge in [0.15, 0.2) is 16.3 Å². The van der Waals surface area contributed by atoms with Crippen LogP contribution in [-0.2, 0) is 18.4 Å². The van der Waals surface area contributed by atoms with Crippen molar-refractivity contribution in [2.45, 2.75) is 13.5 Å². The summed E-state index contributed by atoms with van der Waals surface area (Å²) in [4.78, 5) is 37.1. The molecule has 1 aromatic carbocycles. The highest BCUT2D eigenvalue weighted by Crippen LogP contribution is 2.30. The molecule has 1 N–H and O–H groups in total. The third-order valence-electron chi connectivity index (χ3n) is 3.92. The van der Waals surface area contributed by atoms with Crippen LogP contribution < -0.4 is 10.9 Å². The van der Waals surface area contributed by atoms with Gasteiger partial charge in [-0.3, -0.25) is 9.59 Å². The van der Waals surface area contributed by atoms with E-state index >= 15 is 0 Å². The van der Waals surface area contributed by atoms with Crippen LogP contribution in [0.1, 0.15) is 5.56 Å². The minimum atomic E-state index is -0.308. The number of thiazole rings is 1. The number of rotatable bonds is 3. The summed E-state index contributed by atoms with van der Waals surface area (Å²) in [6.45, 7) is 1.85. The number of aryl methyl sites for hydroxylation is 2. The molecule has 26 heavy (non-hydrogen) atoms. The fourth-order valence-electron chi connectivity index (χ4n) is 2.58. The fourth-order valence-corrected chi connectivity index (χ4v) is 3.70. The summed E-state index contributed by atoms with van der Waals surface area (Å²) in [5.41, 5.74) is 2.02. The van der Waals surface area contributed by atoms with E-state index in [1.807, 2.05) is 13.0 Å². The number of amides is 1. The Bertz CT molecular complexity index is 1190. The lowest BCUT2D eigenvalue weighted by Gasteiger charge is -2.04. The van der Waals surface area contributed by atoms with Gasteiger partial charge < -0.3 is 14.5 Å². The third kappa shape index (κ3) is 2.85. The fraction of sp³-hybridized carbons (Fsp3) is 0.188. The number of hydrogen-bond acceptors (Lipinski definition) is 6. The molecular weight excluding hydrogens is 376 g/mol. The highest BCUT2D eigenvalue weighted by Gasteiger charge is 2.14. The van der Waals surface area contributed by atoms with Crippen LogP contribution >= 0.6 is 22.9 Å². The maximum atomic E-state index is 12.4. The predicted molar refractivity (Wildman–Crippen MR) is 101 cm³/mol. The number of anilines is 1. The zero-order valence-electron chi connectivity index (χ0n) is 13.9. The number of fused-ring (bicyclic) bond motifs is 2. The number of halogens is 1. The second-order valence-corrected chi connectivity index (χ2v) is 7.28. The SMILES string of the molecule is Cc1cc2sc(NC(=O)Cn3cnc4ncn(C)c(=O)c43)nc2cc1Cl. The van der Waals surface area contributed by atoms with Crippen molar-refractivity contribution in [2.24, 2.45) is 7.05 Å². The Kier molecular flexibility index (Phi) is 3.97. The Hall–Kier alpha value is -2.78. The van der Waals surface area contributed by atoms with Crippen LogP contribution in [0.25, 0.3) is 21.4 Å². The Balaban J connectivity index is 1.60. The van der Waals surface area contributed by atoms with Crippen molar-refractivity contribution in [2.75, 3.05) is 5.32 Å². The van der Waals surface area contributed by atoms with E-state index in [9.17, 15) is 9.59 Å². The maximum absolute atomic E-state index is 12.4. The molecule has 132 valence electrons. The molecular formula is C16H13ClN6O2S. The summed E-state index contributed by atoms with van der Waals surface area (Å²) in [5.74, 6) is -0.308. The quantitative estimate of drug-likeness (QED) is 0.581. The number of carbonyl (C=O) groups excluding carboxylic acids is 1. The average Bonchev–Trinajstić information content (AvgIpc) is 3.15. The number of nitrogens with one attached hydrogen (secondary N) is 1. The Labute approximate surface area is 156 Å². The van der Waals surface area contributed by atoms with Gasteiger partial charge in [-0.1, -0.05) is 22.9 Å². The summed E-state index contributed by atoms with van der Waals surface area (Å²) in [6.07, 6.45) is 2.83. The summed E-state index contributed by atoms with van der Waals surface area (Å²) >= 11 is 7.48. The molecule has 4 aromatic rings. The lowest BCUT2D eigenvalue weighted by Crippen LogP contribution is -2.23.